The molecular weight excluding hydrogens is 332 g/mol. The molecule has 132 valence electrons. The number of ether oxygens (including phenoxy) is 1. The van der Waals surface area contributed by atoms with Crippen LogP contribution in [-0.4, -0.2) is 61.3 Å². The number of rotatable bonds is 6. The zero-order chi connectivity index (χ0) is 17.3. The molecule has 0 aromatic heterocycles. The van der Waals surface area contributed by atoms with E-state index < -0.39 is 37.3 Å². The maximum Gasteiger partial charge on any atom is 0.184 e. The summed E-state index contributed by atoms with van der Waals surface area (Å²) >= 11 is 0. The van der Waals surface area contributed by atoms with Gasteiger partial charge in [-0.3, -0.25) is 0 Å². The van der Waals surface area contributed by atoms with E-state index in [0.29, 0.717) is 6.61 Å². The van der Waals surface area contributed by atoms with Crippen molar-refractivity contribution in [3.05, 3.63) is 0 Å². The Kier molecular flexibility index (Phi) is 6.65. The van der Waals surface area contributed by atoms with Gasteiger partial charge in [-0.05, 0) is 58.9 Å². The predicted octanol–water partition coefficient (Wildman–Crippen LogP) is 3.00. The summed E-state index contributed by atoms with van der Waals surface area (Å²) in [4.78, 5) is 0. The van der Waals surface area contributed by atoms with E-state index >= 15 is 0 Å². The van der Waals surface area contributed by atoms with E-state index in [-0.39, 0.29) is 12.2 Å². The lowest BCUT2D eigenvalue weighted by Gasteiger charge is -2.46. The first kappa shape index (κ1) is 20.5. The third kappa shape index (κ3) is 7.35. The number of hydrogen-bond donors (Lipinski definition) is 1. The zero-order valence-corrected chi connectivity index (χ0v) is 18.6. The third-order valence-electron chi connectivity index (χ3n) is 2.89. The molecule has 1 aliphatic heterocycles. The fraction of sp³-hybridized carbons (Fsp3) is 1.00. The van der Waals surface area contributed by atoms with Crippen molar-refractivity contribution in [3.63, 3.8) is 0 Å². The number of hydrogen-bond acceptors (Lipinski definition) is 5. The van der Waals surface area contributed by atoms with Gasteiger partial charge in [-0.15, -0.1) is 0 Å². The first-order valence-corrected chi connectivity index (χ1v) is 18.2. The molecule has 5 nitrogen and oxygen atoms in total. The Hall–Kier alpha value is 0.451. The molecule has 0 radical (unpaired) electrons. The minimum Gasteiger partial charge on any atom is -0.410 e. The molecule has 0 aromatic carbocycles. The van der Waals surface area contributed by atoms with E-state index in [4.69, 9.17) is 18.0 Å². The summed E-state index contributed by atoms with van der Waals surface area (Å²) < 4.78 is 24.3. The molecule has 1 N–H and O–H groups in total. The van der Waals surface area contributed by atoms with Crippen molar-refractivity contribution in [2.24, 2.45) is 0 Å². The van der Waals surface area contributed by atoms with Gasteiger partial charge >= 0.3 is 0 Å². The van der Waals surface area contributed by atoms with Crippen molar-refractivity contribution in [1.29, 1.82) is 0 Å². The largest absolute Gasteiger partial charge is 0.410 e. The van der Waals surface area contributed by atoms with Crippen molar-refractivity contribution in [3.8, 4) is 0 Å². The average Bonchev–Trinajstić information content (AvgIpc) is 2.22. The Labute approximate surface area is 138 Å². The van der Waals surface area contributed by atoms with E-state index in [9.17, 15) is 5.11 Å². The summed E-state index contributed by atoms with van der Waals surface area (Å²) in [6.45, 7) is 19.6. The molecule has 1 fully saturated rings. The fourth-order valence-electron chi connectivity index (χ4n) is 2.40. The molecular formula is C14H34O5Si3. The van der Waals surface area contributed by atoms with Crippen LogP contribution in [0.2, 0.25) is 58.9 Å². The molecule has 0 unspecified atom stereocenters. The highest BCUT2D eigenvalue weighted by Crippen LogP contribution is 2.29. The summed E-state index contributed by atoms with van der Waals surface area (Å²) in [5.41, 5.74) is 0. The second-order valence-corrected chi connectivity index (χ2v) is 22.3. The van der Waals surface area contributed by atoms with Gasteiger partial charge in [0.05, 0.1) is 12.7 Å². The van der Waals surface area contributed by atoms with Crippen molar-refractivity contribution < 1.29 is 23.1 Å². The van der Waals surface area contributed by atoms with E-state index in [2.05, 4.69) is 58.9 Å². The second kappa shape index (κ2) is 7.14. The lowest BCUT2D eigenvalue weighted by atomic mass is 10.1. The van der Waals surface area contributed by atoms with Gasteiger partial charge in [0.2, 0.25) is 0 Å². The molecule has 1 rings (SSSR count). The van der Waals surface area contributed by atoms with E-state index in [0.717, 1.165) is 0 Å². The van der Waals surface area contributed by atoms with Crippen molar-refractivity contribution >= 4 is 25.0 Å². The molecule has 0 aromatic rings. The molecule has 1 aliphatic rings. The molecule has 8 heteroatoms. The van der Waals surface area contributed by atoms with Gasteiger partial charge in [-0.25, -0.2) is 0 Å². The Balaban J connectivity index is 3.01. The van der Waals surface area contributed by atoms with Gasteiger partial charge in [-0.2, -0.15) is 0 Å². The van der Waals surface area contributed by atoms with Crippen LogP contribution in [0.4, 0.5) is 0 Å². The Bertz CT molecular complexity index is 359. The van der Waals surface area contributed by atoms with Gasteiger partial charge in [0.25, 0.3) is 0 Å². The molecule has 0 aliphatic carbocycles. The van der Waals surface area contributed by atoms with Crippen LogP contribution in [-0.2, 0) is 18.0 Å². The lowest BCUT2D eigenvalue weighted by Crippen LogP contribution is -2.61. The highest BCUT2D eigenvalue weighted by Gasteiger charge is 2.46. The van der Waals surface area contributed by atoms with Gasteiger partial charge in [0, 0.05) is 0 Å². The fourth-order valence-corrected chi connectivity index (χ4v) is 5.68. The molecule has 0 amide bonds. The van der Waals surface area contributed by atoms with Crippen LogP contribution in [0.15, 0.2) is 0 Å². The van der Waals surface area contributed by atoms with E-state index in [1.165, 1.54) is 0 Å². The van der Waals surface area contributed by atoms with Gasteiger partial charge < -0.3 is 23.1 Å². The van der Waals surface area contributed by atoms with Crippen LogP contribution in [0.25, 0.3) is 0 Å². The van der Waals surface area contributed by atoms with Crippen molar-refractivity contribution in [1.82, 2.24) is 0 Å². The smallest absolute Gasteiger partial charge is 0.184 e. The molecule has 0 bridgehead atoms. The predicted molar refractivity (Wildman–Crippen MR) is 96.6 cm³/mol. The minimum absolute atomic E-state index is 0.178. The molecule has 1 heterocycles. The minimum atomic E-state index is -1.84. The van der Waals surface area contributed by atoms with Crippen molar-refractivity contribution in [2.75, 3.05) is 6.61 Å². The summed E-state index contributed by atoms with van der Waals surface area (Å²) in [7, 11) is -5.39. The van der Waals surface area contributed by atoms with Crippen LogP contribution in [0.5, 0.6) is 0 Å². The van der Waals surface area contributed by atoms with Crippen LogP contribution in [0.1, 0.15) is 0 Å². The summed E-state index contributed by atoms with van der Waals surface area (Å²) in [6, 6.07) is 0. The molecule has 1 saturated heterocycles. The van der Waals surface area contributed by atoms with Gasteiger partial charge in [0.15, 0.2) is 31.2 Å². The Morgan fingerprint density at radius 2 is 1.14 bits per heavy atom. The lowest BCUT2D eigenvalue weighted by molar-refractivity contribution is -0.240. The third-order valence-corrected chi connectivity index (χ3v) is 5.86. The van der Waals surface area contributed by atoms with Gasteiger partial charge in [0.1, 0.15) is 12.2 Å². The second-order valence-electron chi connectivity index (χ2n) is 8.88. The topological polar surface area (TPSA) is 57.2 Å². The summed E-state index contributed by atoms with van der Waals surface area (Å²) in [5.74, 6) is 0. The monoisotopic (exact) mass is 366 g/mol. The molecule has 22 heavy (non-hydrogen) atoms. The van der Waals surface area contributed by atoms with Crippen LogP contribution in [0, 0.1) is 0 Å². The highest BCUT2D eigenvalue weighted by molar-refractivity contribution is 6.70. The van der Waals surface area contributed by atoms with Crippen LogP contribution < -0.4 is 0 Å². The zero-order valence-electron chi connectivity index (χ0n) is 15.6. The Morgan fingerprint density at radius 3 is 1.55 bits per heavy atom. The summed E-state index contributed by atoms with van der Waals surface area (Å²) in [5, 5.41) is 10.3. The van der Waals surface area contributed by atoms with Crippen LogP contribution in [0.3, 0.4) is 0 Å². The average molecular weight is 367 g/mol. The Morgan fingerprint density at radius 1 is 0.727 bits per heavy atom. The number of aliphatic hydroxyl groups is 1. The quantitative estimate of drug-likeness (QED) is 0.732. The van der Waals surface area contributed by atoms with E-state index in [1.54, 1.807) is 0 Å². The first-order chi connectivity index (χ1) is 9.68. The normalized spacial score (nSPS) is 31.4. The van der Waals surface area contributed by atoms with E-state index in [1.807, 2.05) is 0 Å². The first-order valence-electron chi connectivity index (χ1n) is 8.01. The standard InChI is InChI=1S/C14H34O5Si3/c1-20(2,3)17-11-10-16-14(15)13(19-22(7,8)9)12(11)18-21(4,5)6/h11-15H,10H2,1-9H3/t11-,12-,13-,14-/m0/s1. The molecule has 0 saturated carbocycles. The molecule has 4 atom stereocenters. The maximum atomic E-state index is 10.3. The molecule has 0 spiro atoms. The SMILES string of the molecule is C[Si](C)(C)O[C@@H]1[C@H](O[Si](C)(C)C)[C@@H](O)OC[C@@H]1O[Si](C)(C)C. The van der Waals surface area contributed by atoms with Gasteiger partial charge in [-0.1, -0.05) is 0 Å². The maximum absolute atomic E-state index is 10.3. The van der Waals surface area contributed by atoms with Crippen LogP contribution >= 0.6 is 0 Å². The van der Waals surface area contributed by atoms with Crippen molar-refractivity contribution in [2.45, 2.75) is 83.5 Å². The highest BCUT2D eigenvalue weighted by atomic mass is 28.4. The summed E-state index contributed by atoms with van der Waals surface area (Å²) in [6.07, 6.45) is -1.87. The number of aliphatic hydroxyl groups excluding tert-OH is 1.